The summed E-state index contributed by atoms with van der Waals surface area (Å²) in [7, 11) is 0. The number of hydrogen-bond donors (Lipinski definition) is 2. The van der Waals surface area contributed by atoms with Crippen LogP contribution in [0.3, 0.4) is 0 Å². The predicted octanol–water partition coefficient (Wildman–Crippen LogP) is 3.97. The Kier molecular flexibility index (Phi) is 5.42. The number of carbonyl (C=O) groups excluding carboxylic acids is 1. The first-order chi connectivity index (χ1) is 14.2. The van der Waals surface area contributed by atoms with E-state index in [1.54, 1.807) is 0 Å². The van der Waals surface area contributed by atoms with Crippen molar-refractivity contribution in [3.05, 3.63) is 102 Å². The summed E-state index contributed by atoms with van der Waals surface area (Å²) in [6.45, 7) is 2.83. The molecule has 4 rings (SSSR count). The van der Waals surface area contributed by atoms with Gasteiger partial charge in [-0.25, -0.2) is 9.48 Å². The number of carbonyl (C=O) groups is 1. The minimum absolute atomic E-state index is 0.209. The van der Waals surface area contributed by atoms with Gasteiger partial charge in [0.05, 0.1) is 17.9 Å². The summed E-state index contributed by atoms with van der Waals surface area (Å²) in [6, 6.07) is 23.6. The van der Waals surface area contributed by atoms with Gasteiger partial charge in [0, 0.05) is 24.5 Å². The SMILES string of the molecule is Cc1nn(-c2ccccc2)c(-n2cccc2)c1CNC(=O)NCc1ccccc1. The van der Waals surface area contributed by atoms with Crippen molar-refractivity contribution in [1.29, 1.82) is 0 Å². The van der Waals surface area contributed by atoms with Crippen LogP contribution in [0.4, 0.5) is 4.79 Å². The van der Waals surface area contributed by atoms with E-state index in [1.165, 1.54) is 0 Å². The number of nitrogens with one attached hydrogen (secondary N) is 2. The van der Waals surface area contributed by atoms with Gasteiger partial charge in [0.2, 0.25) is 0 Å². The van der Waals surface area contributed by atoms with Crippen LogP contribution in [0.5, 0.6) is 0 Å². The van der Waals surface area contributed by atoms with Crippen molar-refractivity contribution in [3.63, 3.8) is 0 Å². The van der Waals surface area contributed by atoms with Crippen LogP contribution in [0.25, 0.3) is 11.5 Å². The number of aromatic nitrogens is 3. The molecule has 0 fully saturated rings. The maximum Gasteiger partial charge on any atom is 0.315 e. The zero-order valence-electron chi connectivity index (χ0n) is 16.2. The van der Waals surface area contributed by atoms with Gasteiger partial charge in [-0.3, -0.25) is 0 Å². The Hall–Kier alpha value is -3.80. The summed E-state index contributed by atoms with van der Waals surface area (Å²) < 4.78 is 3.93. The Bertz CT molecular complexity index is 1070. The van der Waals surface area contributed by atoms with Crippen molar-refractivity contribution in [2.24, 2.45) is 0 Å². The van der Waals surface area contributed by atoms with E-state index in [0.29, 0.717) is 13.1 Å². The molecule has 0 saturated carbocycles. The van der Waals surface area contributed by atoms with Crippen molar-refractivity contribution in [2.45, 2.75) is 20.0 Å². The maximum absolute atomic E-state index is 12.3. The Balaban J connectivity index is 1.54. The molecule has 29 heavy (non-hydrogen) atoms. The lowest BCUT2D eigenvalue weighted by atomic mass is 10.2. The van der Waals surface area contributed by atoms with Crippen LogP contribution in [-0.4, -0.2) is 20.4 Å². The summed E-state index contributed by atoms with van der Waals surface area (Å²) in [4.78, 5) is 12.3. The third kappa shape index (κ3) is 4.21. The smallest absolute Gasteiger partial charge is 0.315 e. The van der Waals surface area contributed by atoms with Gasteiger partial charge in [-0.05, 0) is 36.8 Å². The first kappa shape index (κ1) is 18.6. The number of nitrogens with zero attached hydrogens (tertiary/aromatic N) is 3. The molecule has 0 atom stereocenters. The van der Waals surface area contributed by atoms with Gasteiger partial charge in [-0.1, -0.05) is 48.5 Å². The van der Waals surface area contributed by atoms with Gasteiger partial charge in [0.25, 0.3) is 0 Å². The van der Waals surface area contributed by atoms with E-state index in [-0.39, 0.29) is 6.03 Å². The molecule has 0 radical (unpaired) electrons. The molecular weight excluding hydrogens is 362 g/mol. The van der Waals surface area contributed by atoms with Crippen molar-refractivity contribution < 1.29 is 4.79 Å². The van der Waals surface area contributed by atoms with E-state index in [1.807, 2.05) is 101 Å². The number of urea groups is 1. The number of amides is 2. The molecule has 2 aromatic carbocycles. The van der Waals surface area contributed by atoms with Crippen molar-refractivity contribution in [2.75, 3.05) is 0 Å². The molecule has 0 aliphatic heterocycles. The van der Waals surface area contributed by atoms with Crippen LogP contribution in [0, 0.1) is 6.92 Å². The third-order valence-corrected chi connectivity index (χ3v) is 4.73. The quantitative estimate of drug-likeness (QED) is 0.527. The van der Waals surface area contributed by atoms with Crippen molar-refractivity contribution in [3.8, 4) is 11.5 Å². The first-order valence-corrected chi connectivity index (χ1v) is 9.55. The van der Waals surface area contributed by atoms with Gasteiger partial charge >= 0.3 is 6.03 Å². The third-order valence-electron chi connectivity index (χ3n) is 4.73. The normalized spacial score (nSPS) is 10.7. The van der Waals surface area contributed by atoms with E-state index in [2.05, 4.69) is 10.6 Å². The number of aryl methyl sites for hydroxylation is 1. The number of benzene rings is 2. The van der Waals surface area contributed by atoms with Crippen LogP contribution in [0.15, 0.2) is 85.2 Å². The second-order valence-corrected chi connectivity index (χ2v) is 6.75. The highest BCUT2D eigenvalue weighted by molar-refractivity contribution is 5.74. The zero-order chi connectivity index (χ0) is 20.1. The average molecular weight is 385 g/mol. The second-order valence-electron chi connectivity index (χ2n) is 6.75. The fourth-order valence-electron chi connectivity index (χ4n) is 3.25. The molecule has 0 aliphatic carbocycles. The summed E-state index contributed by atoms with van der Waals surface area (Å²) in [5.41, 5.74) is 3.88. The molecule has 0 saturated heterocycles. The summed E-state index contributed by atoms with van der Waals surface area (Å²) in [5, 5.41) is 10.6. The van der Waals surface area contributed by atoms with Crippen LogP contribution in [-0.2, 0) is 13.1 Å². The Labute approximate surface area is 169 Å². The molecule has 4 aromatic rings. The standard InChI is InChI=1S/C23H23N5O/c1-18-21(17-25-23(29)24-16-19-10-4-2-5-11-19)22(27-14-8-9-15-27)28(26-18)20-12-6-3-7-13-20/h2-15H,16-17H2,1H3,(H2,24,25,29). The molecule has 146 valence electrons. The van der Waals surface area contributed by atoms with E-state index in [4.69, 9.17) is 5.10 Å². The summed E-state index contributed by atoms with van der Waals surface area (Å²) in [6.07, 6.45) is 3.96. The molecule has 2 heterocycles. The van der Waals surface area contributed by atoms with Gasteiger partial charge in [0.15, 0.2) is 0 Å². The minimum atomic E-state index is -0.209. The molecule has 2 aromatic heterocycles. The van der Waals surface area contributed by atoms with E-state index < -0.39 is 0 Å². The van der Waals surface area contributed by atoms with Crippen LogP contribution >= 0.6 is 0 Å². The summed E-state index contributed by atoms with van der Waals surface area (Å²) >= 11 is 0. The fourth-order valence-corrected chi connectivity index (χ4v) is 3.25. The predicted molar refractivity (Wildman–Crippen MR) is 113 cm³/mol. The molecule has 6 heteroatoms. The van der Waals surface area contributed by atoms with E-state index in [9.17, 15) is 4.79 Å². The second kappa shape index (κ2) is 8.48. The fraction of sp³-hybridized carbons (Fsp3) is 0.130. The largest absolute Gasteiger partial charge is 0.334 e. The highest BCUT2D eigenvalue weighted by atomic mass is 16.2. The Morgan fingerprint density at radius 1 is 0.862 bits per heavy atom. The Morgan fingerprint density at radius 3 is 2.17 bits per heavy atom. The highest BCUT2D eigenvalue weighted by Crippen LogP contribution is 2.22. The molecule has 2 amide bonds. The molecule has 0 spiro atoms. The van der Waals surface area contributed by atoms with Crippen LogP contribution in [0.2, 0.25) is 0 Å². The monoisotopic (exact) mass is 385 g/mol. The van der Waals surface area contributed by atoms with Crippen molar-refractivity contribution in [1.82, 2.24) is 25.0 Å². The lowest BCUT2D eigenvalue weighted by Gasteiger charge is -2.12. The minimum Gasteiger partial charge on any atom is -0.334 e. The van der Waals surface area contributed by atoms with Gasteiger partial charge in [0.1, 0.15) is 5.82 Å². The number of rotatable bonds is 6. The molecule has 2 N–H and O–H groups in total. The highest BCUT2D eigenvalue weighted by Gasteiger charge is 2.18. The van der Waals surface area contributed by atoms with Gasteiger partial charge in [-0.15, -0.1) is 0 Å². The molecule has 6 nitrogen and oxygen atoms in total. The lowest BCUT2D eigenvalue weighted by molar-refractivity contribution is 0.240. The zero-order valence-corrected chi connectivity index (χ0v) is 16.2. The number of para-hydroxylation sites is 1. The molecule has 0 unspecified atom stereocenters. The van der Waals surface area contributed by atoms with Crippen LogP contribution < -0.4 is 10.6 Å². The van der Waals surface area contributed by atoms with Crippen molar-refractivity contribution >= 4 is 6.03 Å². The average Bonchev–Trinajstić information content (AvgIpc) is 3.40. The lowest BCUT2D eigenvalue weighted by Crippen LogP contribution is -2.34. The van der Waals surface area contributed by atoms with Gasteiger partial charge < -0.3 is 15.2 Å². The molecule has 0 aliphatic rings. The first-order valence-electron chi connectivity index (χ1n) is 9.55. The number of hydrogen-bond acceptors (Lipinski definition) is 2. The van der Waals surface area contributed by atoms with Crippen LogP contribution in [0.1, 0.15) is 16.8 Å². The maximum atomic E-state index is 12.3. The molecular formula is C23H23N5O. The van der Waals surface area contributed by atoms with Gasteiger partial charge in [-0.2, -0.15) is 5.10 Å². The molecule has 0 bridgehead atoms. The van der Waals surface area contributed by atoms with E-state index >= 15 is 0 Å². The summed E-state index contributed by atoms with van der Waals surface area (Å²) in [5.74, 6) is 0.919. The Morgan fingerprint density at radius 2 is 1.48 bits per heavy atom. The van der Waals surface area contributed by atoms with E-state index in [0.717, 1.165) is 28.3 Å². The topological polar surface area (TPSA) is 63.9 Å².